The number of fused-ring (bicyclic) bond motifs is 1. The normalized spacial score (nSPS) is 26.8. The molecule has 0 aromatic heterocycles. The van der Waals surface area contributed by atoms with Crippen molar-refractivity contribution in [1.82, 2.24) is 4.31 Å². The summed E-state index contributed by atoms with van der Waals surface area (Å²) < 4.78 is 26.2. The van der Waals surface area contributed by atoms with Crippen molar-refractivity contribution in [3.05, 3.63) is 29.3 Å². The first kappa shape index (κ1) is 12.9. The molecule has 5 heteroatoms. The molecule has 1 heterocycles. The van der Waals surface area contributed by atoms with E-state index >= 15 is 0 Å². The number of aryl methyl sites for hydroxylation is 1. The number of anilines is 1. The molecule has 0 amide bonds. The average molecular weight is 280 g/mol. The Bertz CT molecular complexity index is 583. The molecule has 0 saturated carbocycles. The van der Waals surface area contributed by atoms with Crippen LogP contribution in [-0.4, -0.2) is 25.0 Å². The van der Waals surface area contributed by atoms with E-state index in [0.717, 1.165) is 43.4 Å². The summed E-state index contributed by atoms with van der Waals surface area (Å²) in [5, 5.41) is 0. The number of benzene rings is 1. The van der Waals surface area contributed by atoms with Crippen molar-refractivity contribution in [2.24, 2.45) is 0 Å². The van der Waals surface area contributed by atoms with Crippen molar-refractivity contribution in [3.63, 3.8) is 0 Å². The number of hydrogen-bond donors (Lipinski definition) is 1. The van der Waals surface area contributed by atoms with Crippen molar-refractivity contribution in [1.29, 1.82) is 0 Å². The fourth-order valence-corrected chi connectivity index (χ4v) is 5.08. The van der Waals surface area contributed by atoms with E-state index in [0.29, 0.717) is 12.3 Å². The second-order valence-corrected chi connectivity index (χ2v) is 7.54. The lowest BCUT2D eigenvalue weighted by molar-refractivity contribution is 0.279. The quantitative estimate of drug-likeness (QED) is 0.801. The Morgan fingerprint density at radius 2 is 2.05 bits per heavy atom. The highest BCUT2D eigenvalue weighted by atomic mass is 32.2. The van der Waals surface area contributed by atoms with Crippen LogP contribution in [0.3, 0.4) is 0 Å². The number of nitrogens with zero attached hydrogens (tertiary/aromatic N) is 1. The molecule has 1 aliphatic heterocycles. The van der Waals surface area contributed by atoms with E-state index < -0.39 is 10.0 Å². The van der Waals surface area contributed by atoms with Gasteiger partial charge in [-0.25, -0.2) is 8.42 Å². The molecule has 0 bridgehead atoms. The zero-order valence-corrected chi connectivity index (χ0v) is 11.8. The van der Waals surface area contributed by atoms with Crippen molar-refractivity contribution in [3.8, 4) is 0 Å². The van der Waals surface area contributed by atoms with E-state index in [1.54, 1.807) is 4.31 Å². The lowest BCUT2D eigenvalue weighted by Gasteiger charge is -2.37. The number of rotatable bonds is 1. The van der Waals surface area contributed by atoms with E-state index in [-0.39, 0.29) is 6.04 Å². The second-order valence-electron chi connectivity index (χ2n) is 5.50. The molecular formula is C14H20N2O2S. The van der Waals surface area contributed by atoms with Gasteiger partial charge in [0.1, 0.15) is 0 Å². The summed E-state index contributed by atoms with van der Waals surface area (Å²) in [7, 11) is -3.07. The molecule has 104 valence electrons. The number of nitrogens with two attached hydrogens (primary N) is 1. The minimum absolute atomic E-state index is 0.0228. The Labute approximate surface area is 114 Å². The first-order valence-corrected chi connectivity index (χ1v) is 8.57. The van der Waals surface area contributed by atoms with Gasteiger partial charge in [0.15, 0.2) is 0 Å². The van der Waals surface area contributed by atoms with Gasteiger partial charge in [-0.15, -0.1) is 0 Å². The Kier molecular flexibility index (Phi) is 3.27. The van der Waals surface area contributed by atoms with Gasteiger partial charge >= 0.3 is 0 Å². The third-order valence-electron chi connectivity index (χ3n) is 4.19. The van der Waals surface area contributed by atoms with Crippen LogP contribution in [0.25, 0.3) is 0 Å². The van der Waals surface area contributed by atoms with E-state index in [9.17, 15) is 8.42 Å². The monoisotopic (exact) mass is 280 g/mol. The van der Waals surface area contributed by atoms with Gasteiger partial charge in [-0.05, 0) is 55.4 Å². The summed E-state index contributed by atoms with van der Waals surface area (Å²) in [6.07, 6.45) is 4.73. The lowest BCUT2D eigenvalue weighted by Crippen LogP contribution is -2.41. The van der Waals surface area contributed by atoms with Gasteiger partial charge in [-0.2, -0.15) is 4.31 Å². The van der Waals surface area contributed by atoms with E-state index in [1.165, 1.54) is 5.56 Å². The van der Waals surface area contributed by atoms with Gasteiger partial charge in [0.25, 0.3) is 0 Å². The number of sulfonamides is 1. The summed E-state index contributed by atoms with van der Waals surface area (Å²) in [6, 6.07) is 5.92. The molecular weight excluding hydrogens is 260 g/mol. The maximum absolute atomic E-state index is 12.3. The van der Waals surface area contributed by atoms with Crippen LogP contribution in [0.15, 0.2) is 18.2 Å². The molecule has 0 spiro atoms. The molecule has 3 rings (SSSR count). The highest BCUT2D eigenvalue weighted by Gasteiger charge is 2.35. The Morgan fingerprint density at radius 3 is 2.84 bits per heavy atom. The minimum Gasteiger partial charge on any atom is -0.399 e. The summed E-state index contributed by atoms with van der Waals surface area (Å²) in [5.74, 6) is 0.299. The van der Waals surface area contributed by atoms with Crippen molar-refractivity contribution in [2.75, 3.05) is 18.0 Å². The molecule has 1 atom stereocenters. The van der Waals surface area contributed by atoms with Crippen LogP contribution in [0.5, 0.6) is 0 Å². The molecule has 1 saturated heterocycles. The van der Waals surface area contributed by atoms with Crippen molar-refractivity contribution < 1.29 is 8.42 Å². The highest BCUT2D eigenvalue weighted by Crippen LogP contribution is 2.38. The second kappa shape index (κ2) is 4.80. The molecule has 1 aromatic carbocycles. The van der Waals surface area contributed by atoms with Crippen LogP contribution < -0.4 is 5.73 Å². The van der Waals surface area contributed by atoms with Gasteiger partial charge in [-0.3, -0.25) is 0 Å². The van der Waals surface area contributed by atoms with E-state index in [2.05, 4.69) is 0 Å². The zero-order chi connectivity index (χ0) is 13.5. The molecule has 1 fully saturated rings. The Morgan fingerprint density at radius 1 is 1.21 bits per heavy atom. The van der Waals surface area contributed by atoms with E-state index in [1.807, 2.05) is 18.2 Å². The largest absolute Gasteiger partial charge is 0.399 e. The number of hydrogen-bond acceptors (Lipinski definition) is 3. The predicted octanol–water partition coefficient (Wildman–Crippen LogP) is 2.07. The third-order valence-corrected chi connectivity index (χ3v) is 6.14. The minimum atomic E-state index is -3.07. The molecule has 2 aliphatic rings. The summed E-state index contributed by atoms with van der Waals surface area (Å²) >= 11 is 0. The van der Waals surface area contributed by atoms with Crippen LogP contribution in [0.4, 0.5) is 5.69 Å². The standard InChI is InChI=1S/C14H20N2O2S/c15-12-6-7-13-11(10-12)4-3-5-14(13)16-8-1-2-9-19(16,17)18/h6-7,10,14H,1-5,8-9,15H2. The van der Waals surface area contributed by atoms with Crippen LogP contribution in [-0.2, 0) is 16.4 Å². The smallest absolute Gasteiger partial charge is 0.214 e. The molecule has 1 unspecified atom stereocenters. The molecule has 19 heavy (non-hydrogen) atoms. The Hall–Kier alpha value is -1.07. The van der Waals surface area contributed by atoms with Gasteiger partial charge < -0.3 is 5.73 Å². The average Bonchev–Trinajstić information content (AvgIpc) is 2.37. The topological polar surface area (TPSA) is 63.4 Å². The fraction of sp³-hybridized carbons (Fsp3) is 0.571. The summed E-state index contributed by atoms with van der Waals surface area (Å²) in [6.45, 7) is 0.664. The number of nitrogen functional groups attached to an aromatic ring is 1. The van der Waals surface area contributed by atoms with E-state index in [4.69, 9.17) is 5.73 Å². The lowest BCUT2D eigenvalue weighted by atomic mass is 9.87. The highest BCUT2D eigenvalue weighted by molar-refractivity contribution is 7.89. The molecule has 2 N–H and O–H groups in total. The fourth-order valence-electron chi connectivity index (χ4n) is 3.27. The first-order valence-electron chi connectivity index (χ1n) is 6.96. The van der Waals surface area contributed by atoms with Crippen LogP contribution >= 0.6 is 0 Å². The summed E-state index contributed by atoms with van der Waals surface area (Å²) in [4.78, 5) is 0. The SMILES string of the molecule is Nc1ccc2c(c1)CCCC2N1CCCCS1(=O)=O. The van der Waals surface area contributed by atoms with Gasteiger partial charge in [-0.1, -0.05) is 6.07 Å². The zero-order valence-electron chi connectivity index (χ0n) is 11.0. The molecule has 4 nitrogen and oxygen atoms in total. The van der Waals surface area contributed by atoms with Gasteiger partial charge in [0, 0.05) is 18.3 Å². The predicted molar refractivity (Wildman–Crippen MR) is 76.3 cm³/mol. The van der Waals surface area contributed by atoms with Gasteiger partial charge in [0.05, 0.1) is 5.75 Å². The van der Waals surface area contributed by atoms with Crippen LogP contribution in [0.1, 0.15) is 42.9 Å². The molecule has 0 radical (unpaired) electrons. The van der Waals surface area contributed by atoms with Crippen LogP contribution in [0, 0.1) is 0 Å². The molecule has 1 aromatic rings. The summed E-state index contributed by atoms with van der Waals surface area (Å²) in [5.41, 5.74) is 8.97. The molecule has 1 aliphatic carbocycles. The first-order chi connectivity index (χ1) is 9.08. The van der Waals surface area contributed by atoms with Crippen molar-refractivity contribution >= 4 is 15.7 Å². The third kappa shape index (κ3) is 2.37. The Balaban J connectivity index is 1.99. The maximum Gasteiger partial charge on any atom is 0.214 e. The van der Waals surface area contributed by atoms with Crippen molar-refractivity contribution in [2.45, 2.75) is 38.1 Å². The maximum atomic E-state index is 12.3. The van der Waals surface area contributed by atoms with Gasteiger partial charge in [0.2, 0.25) is 10.0 Å². The van der Waals surface area contributed by atoms with Crippen LogP contribution in [0.2, 0.25) is 0 Å².